The number of benzene rings is 1. The van der Waals surface area contributed by atoms with E-state index in [1.165, 1.54) is 31.2 Å². The minimum atomic E-state index is 0.293. The van der Waals surface area contributed by atoms with E-state index in [9.17, 15) is 4.79 Å². The maximum Gasteiger partial charge on any atom is 0.166 e. The molecule has 0 aliphatic heterocycles. The SMILES string of the molecule is CC1CCC(C(=O)c2ccccc2C2CCC2)C1. The third-order valence-corrected chi connectivity index (χ3v) is 4.84. The molecule has 2 atom stereocenters. The molecule has 96 valence electrons. The molecule has 2 unspecified atom stereocenters. The van der Waals surface area contributed by atoms with Crippen LogP contribution in [-0.2, 0) is 0 Å². The van der Waals surface area contributed by atoms with Crippen molar-refractivity contribution in [2.24, 2.45) is 11.8 Å². The summed E-state index contributed by atoms with van der Waals surface area (Å²) in [5, 5.41) is 0. The van der Waals surface area contributed by atoms with Crippen molar-refractivity contribution in [3.63, 3.8) is 0 Å². The molecule has 1 nitrogen and oxygen atoms in total. The van der Waals surface area contributed by atoms with E-state index in [2.05, 4.69) is 25.1 Å². The molecule has 2 aliphatic carbocycles. The number of ketones is 1. The standard InChI is InChI=1S/C17H22O/c1-12-9-10-14(11-12)17(18)16-8-3-2-7-15(16)13-5-4-6-13/h2-3,7-8,12-14H,4-6,9-11H2,1H3. The van der Waals surface area contributed by atoms with Crippen LogP contribution in [0.5, 0.6) is 0 Å². The molecular weight excluding hydrogens is 220 g/mol. The number of hydrogen-bond donors (Lipinski definition) is 0. The first kappa shape index (κ1) is 12.0. The van der Waals surface area contributed by atoms with E-state index in [0.717, 1.165) is 24.3 Å². The quantitative estimate of drug-likeness (QED) is 0.709. The molecule has 1 heteroatoms. The number of rotatable bonds is 3. The first-order chi connectivity index (χ1) is 8.75. The maximum atomic E-state index is 12.7. The molecular formula is C17H22O. The summed E-state index contributed by atoms with van der Waals surface area (Å²) < 4.78 is 0. The van der Waals surface area contributed by atoms with Crippen LogP contribution in [0.25, 0.3) is 0 Å². The van der Waals surface area contributed by atoms with Crippen molar-refractivity contribution in [1.82, 2.24) is 0 Å². The summed E-state index contributed by atoms with van der Waals surface area (Å²) in [6.45, 7) is 2.27. The van der Waals surface area contributed by atoms with Crippen LogP contribution in [0.3, 0.4) is 0 Å². The molecule has 0 amide bonds. The fraction of sp³-hybridized carbons (Fsp3) is 0.588. The van der Waals surface area contributed by atoms with Gasteiger partial charge in [0.2, 0.25) is 0 Å². The molecule has 0 saturated heterocycles. The number of Topliss-reactive ketones (excluding diaryl/α,β-unsaturated/α-hetero) is 1. The minimum absolute atomic E-state index is 0.293. The lowest BCUT2D eigenvalue weighted by Gasteiger charge is -2.28. The highest BCUT2D eigenvalue weighted by Gasteiger charge is 2.31. The zero-order chi connectivity index (χ0) is 12.5. The number of carbonyl (C=O) groups is 1. The topological polar surface area (TPSA) is 17.1 Å². The smallest absolute Gasteiger partial charge is 0.166 e. The molecule has 3 rings (SSSR count). The van der Waals surface area contributed by atoms with E-state index in [1.807, 2.05) is 6.07 Å². The Morgan fingerprint density at radius 2 is 1.89 bits per heavy atom. The van der Waals surface area contributed by atoms with E-state index in [0.29, 0.717) is 17.6 Å². The average Bonchev–Trinajstić information content (AvgIpc) is 2.74. The molecule has 2 saturated carbocycles. The van der Waals surface area contributed by atoms with Gasteiger partial charge in [-0.15, -0.1) is 0 Å². The van der Waals surface area contributed by atoms with Crippen LogP contribution < -0.4 is 0 Å². The van der Waals surface area contributed by atoms with Crippen molar-refractivity contribution in [2.75, 3.05) is 0 Å². The molecule has 0 bridgehead atoms. The number of hydrogen-bond acceptors (Lipinski definition) is 1. The fourth-order valence-corrected chi connectivity index (χ4v) is 3.46. The molecule has 18 heavy (non-hydrogen) atoms. The van der Waals surface area contributed by atoms with Crippen LogP contribution in [0.15, 0.2) is 24.3 Å². The van der Waals surface area contributed by atoms with Gasteiger partial charge in [-0.05, 0) is 49.5 Å². The largest absolute Gasteiger partial charge is 0.294 e. The van der Waals surface area contributed by atoms with Crippen molar-refractivity contribution in [3.05, 3.63) is 35.4 Å². The Morgan fingerprint density at radius 3 is 2.50 bits per heavy atom. The highest BCUT2D eigenvalue weighted by Crippen LogP contribution is 2.40. The minimum Gasteiger partial charge on any atom is -0.294 e. The molecule has 2 fully saturated rings. The Bertz CT molecular complexity index is 445. The molecule has 1 aromatic carbocycles. The van der Waals surface area contributed by atoms with Crippen molar-refractivity contribution in [1.29, 1.82) is 0 Å². The summed E-state index contributed by atoms with van der Waals surface area (Å²) in [5.74, 6) is 2.10. The molecule has 0 aromatic heterocycles. The van der Waals surface area contributed by atoms with Crippen LogP contribution in [0.4, 0.5) is 0 Å². The Labute approximate surface area is 110 Å². The Morgan fingerprint density at radius 1 is 1.11 bits per heavy atom. The highest BCUT2D eigenvalue weighted by molar-refractivity contribution is 5.99. The summed E-state index contributed by atoms with van der Waals surface area (Å²) in [4.78, 5) is 12.7. The van der Waals surface area contributed by atoms with Crippen LogP contribution in [0.2, 0.25) is 0 Å². The predicted molar refractivity (Wildman–Crippen MR) is 73.9 cm³/mol. The predicted octanol–water partition coefficient (Wildman–Crippen LogP) is 4.57. The lowest BCUT2D eigenvalue weighted by atomic mass is 9.76. The lowest BCUT2D eigenvalue weighted by molar-refractivity contribution is 0.0918. The monoisotopic (exact) mass is 242 g/mol. The van der Waals surface area contributed by atoms with Gasteiger partial charge in [-0.25, -0.2) is 0 Å². The van der Waals surface area contributed by atoms with Crippen molar-refractivity contribution in [3.8, 4) is 0 Å². The van der Waals surface area contributed by atoms with Gasteiger partial charge < -0.3 is 0 Å². The fourth-order valence-electron chi connectivity index (χ4n) is 3.46. The zero-order valence-corrected chi connectivity index (χ0v) is 11.2. The molecule has 0 spiro atoms. The van der Waals surface area contributed by atoms with E-state index >= 15 is 0 Å². The van der Waals surface area contributed by atoms with Crippen molar-refractivity contribution < 1.29 is 4.79 Å². The highest BCUT2D eigenvalue weighted by atomic mass is 16.1. The van der Waals surface area contributed by atoms with Gasteiger partial charge >= 0.3 is 0 Å². The van der Waals surface area contributed by atoms with Gasteiger partial charge in [0.25, 0.3) is 0 Å². The van der Waals surface area contributed by atoms with Gasteiger partial charge in [-0.1, -0.05) is 37.6 Å². The number of carbonyl (C=O) groups excluding carboxylic acids is 1. The van der Waals surface area contributed by atoms with Gasteiger partial charge in [-0.3, -0.25) is 4.79 Å². The van der Waals surface area contributed by atoms with E-state index in [4.69, 9.17) is 0 Å². The summed E-state index contributed by atoms with van der Waals surface area (Å²) in [7, 11) is 0. The molecule has 0 heterocycles. The van der Waals surface area contributed by atoms with Crippen molar-refractivity contribution >= 4 is 5.78 Å². The Hall–Kier alpha value is -1.11. The van der Waals surface area contributed by atoms with Crippen LogP contribution in [0.1, 0.15) is 67.3 Å². The van der Waals surface area contributed by atoms with Crippen molar-refractivity contribution in [2.45, 2.75) is 51.4 Å². The molecule has 2 aliphatic rings. The third kappa shape index (κ3) is 2.11. The summed E-state index contributed by atoms with van der Waals surface area (Å²) in [6.07, 6.45) is 7.28. The van der Waals surface area contributed by atoms with Crippen LogP contribution >= 0.6 is 0 Å². The maximum absolute atomic E-state index is 12.7. The summed E-state index contributed by atoms with van der Waals surface area (Å²) in [5.41, 5.74) is 2.36. The summed E-state index contributed by atoms with van der Waals surface area (Å²) in [6, 6.07) is 8.34. The molecule has 0 radical (unpaired) electrons. The second kappa shape index (κ2) is 4.87. The van der Waals surface area contributed by atoms with E-state index in [-0.39, 0.29) is 0 Å². The van der Waals surface area contributed by atoms with E-state index < -0.39 is 0 Å². The van der Waals surface area contributed by atoms with E-state index in [1.54, 1.807) is 0 Å². The van der Waals surface area contributed by atoms with Gasteiger partial charge in [0.15, 0.2) is 5.78 Å². The summed E-state index contributed by atoms with van der Waals surface area (Å²) >= 11 is 0. The van der Waals surface area contributed by atoms with Crippen LogP contribution in [-0.4, -0.2) is 5.78 Å². The zero-order valence-electron chi connectivity index (χ0n) is 11.2. The van der Waals surface area contributed by atoms with Gasteiger partial charge in [0, 0.05) is 11.5 Å². The first-order valence-corrected chi connectivity index (χ1v) is 7.39. The first-order valence-electron chi connectivity index (χ1n) is 7.39. The molecule has 1 aromatic rings. The van der Waals surface area contributed by atoms with Gasteiger partial charge in [-0.2, -0.15) is 0 Å². The second-order valence-corrected chi connectivity index (χ2v) is 6.19. The normalized spacial score (nSPS) is 28.1. The van der Waals surface area contributed by atoms with Gasteiger partial charge in [0.05, 0.1) is 0 Å². The lowest BCUT2D eigenvalue weighted by Crippen LogP contribution is -2.18. The molecule has 0 N–H and O–H groups in total. The third-order valence-electron chi connectivity index (χ3n) is 4.84. The second-order valence-electron chi connectivity index (χ2n) is 6.19. The van der Waals surface area contributed by atoms with Gasteiger partial charge in [0.1, 0.15) is 0 Å². The Balaban J connectivity index is 1.84. The Kier molecular flexibility index (Phi) is 3.23. The average molecular weight is 242 g/mol. The van der Waals surface area contributed by atoms with Crippen LogP contribution in [0, 0.1) is 11.8 Å².